The highest BCUT2D eigenvalue weighted by Gasteiger charge is 2.37. The molecule has 2 rings (SSSR count). The molecule has 1 saturated carbocycles. The highest BCUT2D eigenvalue weighted by atomic mass is 19.2. The van der Waals surface area contributed by atoms with Crippen LogP contribution in [0.2, 0.25) is 0 Å². The monoisotopic (exact) mass is 183 g/mol. The summed E-state index contributed by atoms with van der Waals surface area (Å²) in [6, 6.07) is 4.09. The molecule has 0 unspecified atom stereocenters. The normalized spacial score (nSPS) is 26.1. The van der Waals surface area contributed by atoms with Crippen molar-refractivity contribution < 1.29 is 8.78 Å². The summed E-state index contributed by atoms with van der Waals surface area (Å²) in [5, 5.41) is 0. The van der Waals surface area contributed by atoms with Crippen molar-refractivity contribution in [3.8, 4) is 0 Å². The second-order valence-electron chi connectivity index (χ2n) is 3.51. The minimum Gasteiger partial charge on any atom is -0.330 e. The largest absolute Gasteiger partial charge is 0.330 e. The molecule has 0 aliphatic heterocycles. The molecule has 13 heavy (non-hydrogen) atoms. The van der Waals surface area contributed by atoms with Crippen LogP contribution in [0.15, 0.2) is 18.2 Å². The standard InChI is InChI=1S/C10H11F2N/c11-9-2-1-6(4-10(9)12)8-3-7(8)5-13/h1-2,4,7-8H,3,5,13H2/t7-,8-/m1/s1. The van der Waals surface area contributed by atoms with E-state index >= 15 is 0 Å². The van der Waals surface area contributed by atoms with E-state index in [-0.39, 0.29) is 0 Å². The van der Waals surface area contributed by atoms with Crippen molar-refractivity contribution in [1.29, 1.82) is 0 Å². The van der Waals surface area contributed by atoms with Crippen LogP contribution in [-0.2, 0) is 0 Å². The third-order valence-corrected chi connectivity index (χ3v) is 2.60. The number of hydrogen-bond donors (Lipinski definition) is 1. The first-order valence-corrected chi connectivity index (χ1v) is 4.37. The first-order valence-electron chi connectivity index (χ1n) is 4.37. The molecule has 0 amide bonds. The average molecular weight is 183 g/mol. The van der Waals surface area contributed by atoms with Crippen molar-refractivity contribution in [3.05, 3.63) is 35.4 Å². The zero-order valence-corrected chi connectivity index (χ0v) is 7.13. The Morgan fingerprint density at radius 3 is 2.62 bits per heavy atom. The van der Waals surface area contributed by atoms with Crippen LogP contribution in [0, 0.1) is 17.6 Å². The second kappa shape index (κ2) is 3.07. The van der Waals surface area contributed by atoms with E-state index in [1.165, 1.54) is 12.1 Å². The van der Waals surface area contributed by atoms with E-state index in [0.29, 0.717) is 18.4 Å². The Morgan fingerprint density at radius 1 is 1.31 bits per heavy atom. The first kappa shape index (κ1) is 8.63. The van der Waals surface area contributed by atoms with Gasteiger partial charge >= 0.3 is 0 Å². The van der Waals surface area contributed by atoms with E-state index in [1.807, 2.05) is 0 Å². The summed E-state index contributed by atoms with van der Waals surface area (Å²) in [4.78, 5) is 0. The Bertz CT molecular complexity index is 325. The molecule has 2 N–H and O–H groups in total. The summed E-state index contributed by atoms with van der Waals surface area (Å²) in [5.74, 6) is -0.737. The van der Waals surface area contributed by atoms with Gasteiger partial charge < -0.3 is 5.73 Å². The van der Waals surface area contributed by atoms with Crippen molar-refractivity contribution in [2.24, 2.45) is 11.7 Å². The molecule has 0 spiro atoms. The number of hydrogen-bond acceptors (Lipinski definition) is 1. The topological polar surface area (TPSA) is 26.0 Å². The second-order valence-corrected chi connectivity index (χ2v) is 3.51. The Labute approximate surface area is 75.6 Å². The maximum atomic E-state index is 12.8. The molecular formula is C10H11F2N. The Morgan fingerprint density at radius 2 is 2.08 bits per heavy atom. The molecule has 1 fully saturated rings. The zero-order chi connectivity index (χ0) is 9.42. The van der Waals surface area contributed by atoms with Crippen LogP contribution >= 0.6 is 0 Å². The van der Waals surface area contributed by atoms with Crippen molar-refractivity contribution in [2.75, 3.05) is 6.54 Å². The van der Waals surface area contributed by atoms with E-state index in [0.717, 1.165) is 12.0 Å². The highest BCUT2D eigenvalue weighted by molar-refractivity contribution is 5.27. The molecule has 0 heterocycles. The molecule has 1 aliphatic rings. The van der Waals surface area contributed by atoms with Crippen LogP contribution in [0.25, 0.3) is 0 Å². The third-order valence-electron chi connectivity index (χ3n) is 2.60. The lowest BCUT2D eigenvalue weighted by Gasteiger charge is -1.99. The van der Waals surface area contributed by atoms with Crippen molar-refractivity contribution in [3.63, 3.8) is 0 Å². The van der Waals surface area contributed by atoms with Gasteiger partial charge in [0.15, 0.2) is 11.6 Å². The summed E-state index contributed by atoms with van der Waals surface area (Å²) >= 11 is 0. The zero-order valence-electron chi connectivity index (χ0n) is 7.13. The molecule has 0 radical (unpaired) electrons. The Hall–Kier alpha value is -0.960. The van der Waals surface area contributed by atoms with E-state index in [2.05, 4.69) is 0 Å². The van der Waals surface area contributed by atoms with Gasteiger partial charge in [-0.15, -0.1) is 0 Å². The minimum absolute atomic E-state index is 0.347. The molecule has 0 saturated heterocycles. The molecule has 0 bridgehead atoms. The average Bonchev–Trinajstić information content (AvgIpc) is 2.88. The number of halogens is 2. The SMILES string of the molecule is NC[C@H]1C[C@@H]1c1ccc(F)c(F)c1. The van der Waals surface area contributed by atoms with Crippen molar-refractivity contribution in [1.82, 2.24) is 0 Å². The maximum Gasteiger partial charge on any atom is 0.159 e. The lowest BCUT2D eigenvalue weighted by atomic mass is 10.1. The van der Waals surface area contributed by atoms with E-state index < -0.39 is 11.6 Å². The number of nitrogens with two attached hydrogens (primary N) is 1. The summed E-state index contributed by atoms with van der Waals surface area (Å²) in [7, 11) is 0. The summed E-state index contributed by atoms with van der Waals surface area (Å²) in [6.45, 7) is 0.629. The fourth-order valence-corrected chi connectivity index (χ4v) is 1.66. The predicted octanol–water partition coefficient (Wildman–Crippen LogP) is 2.03. The maximum absolute atomic E-state index is 12.8. The molecule has 3 heteroatoms. The first-order chi connectivity index (χ1) is 6.22. The van der Waals surface area contributed by atoms with Gasteiger partial charge in [-0.25, -0.2) is 8.78 Å². The van der Waals surface area contributed by atoms with Gasteiger partial charge in [0.1, 0.15) is 0 Å². The van der Waals surface area contributed by atoms with Crippen LogP contribution in [0.4, 0.5) is 8.78 Å². The van der Waals surface area contributed by atoms with Crippen molar-refractivity contribution >= 4 is 0 Å². The quantitative estimate of drug-likeness (QED) is 0.745. The van der Waals surface area contributed by atoms with Gasteiger partial charge in [-0.05, 0) is 42.5 Å². The minimum atomic E-state index is -0.784. The summed E-state index contributed by atoms with van der Waals surface area (Å²) < 4.78 is 25.4. The Balaban J connectivity index is 2.19. The van der Waals surface area contributed by atoms with Crippen LogP contribution < -0.4 is 5.73 Å². The lowest BCUT2D eigenvalue weighted by molar-refractivity contribution is 0.507. The molecule has 1 aromatic rings. The lowest BCUT2D eigenvalue weighted by Crippen LogP contribution is -2.02. The molecule has 1 nitrogen and oxygen atoms in total. The van der Waals surface area contributed by atoms with Crippen LogP contribution in [0.3, 0.4) is 0 Å². The smallest absolute Gasteiger partial charge is 0.159 e. The summed E-state index contributed by atoms with van der Waals surface area (Å²) in [6.07, 6.45) is 1.00. The van der Waals surface area contributed by atoms with Gasteiger partial charge in [-0.2, -0.15) is 0 Å². The summed E-state index contributed by atoms with van der Waals surface area (Å²) in [5.41, 5.74) is 6.33. The van der Waals surface area contributed by atoms with Gasteiger partial charge in [0.25, 0.3) is 0 Å². The van der Waals surface area contributed by atoms with Crippen molar-refractivity contribution in [2.45, 2.75) is 12.3 Å². The predicted molar refractivity (Wildman–Crippen MR) is 46.3 cm³/mol. The van der Waals surface area contributed by atoms with E-state index in [4.69, 9.17) is 5.73 Å². The number of benzene rings is 1. The fourth-order valence-electron chi connectivity index (χ4n) is 1.66. The molecule has 2 atom stereocenters. The number of rotatable bonds is 2. The molecule has 1 aliphatic carbocycles. The highest BCUT2D eigenvalue weighted by Crippen LogP contribution is 2.46. The van der Waals surface area contributed by atoms with E-state index in [1.54, 1.807) is 6.07 Å². The Kier molecular flexibility index (Phi) is 2.04. The van der Waals surface area contributed by atoms with Gasteiger partial charge in [-0.1, -0.05) is 6.07 Å². The van der Waals surface area contributed by atoms with Gasteiger partial charge in [0.2, 0.25) is 0 Å². The van der Waals surface area contributed by atoms with Crippen LogP contribution in [0.1, 0.15) is 17.9 Å². The van der Waals surface area contributed by atoms with E-state index in [9.17, 15) is 8.78 Å². The third kappa shape index (κ3) is 1.56. The van der Waals surface area contributed by atoms with Crippen LogP contribution in [0.5, 0.6) is 0 Å². The van der Waals surface area contributed by atoms with Gasteiger partial charge in [-0.3, -0.25) is 0 Å². The van der Waals surface area contributed by atoms with Gasteiger partial charge in [0, 0.05) is 0 Å². The molecule has 0 aromatic heterocycles. The van der Waals surface area contributed by atoms with Crippen LogP contribution in [-0.4, -0.2) is 6.54 Å². The molecular weight excluding hydrogens is 172 g/mol. The fraction of sp³-hybridized carbons (Fsp3) is 0.400. The molecule has 1 aromatic carbocycles. The van der Waals surface area contributed by atoms with Gasteiger partial charge in [0.05, 0.1) is 0 Å². The molecule has 70 valence electrons.